The summed E-state index contributed by atoms with van der Waals surface area (Å²) in [6, 6.07) is 13.1. The molecule has 0 saturated heterocycles. The SMILES string of the molecule is Cc1cc(Sc2ccc(F)cc2)ccc1CC(C)N. The molecule has 0 radical (unpaired) electrons. The molecule has 2 aromatic carbocycles. The summed E-state index contributed by atoms with van der Waals surface area (Å²) in [6.07, 6.45) is 0.896. The lowest BCUT2D eigenvalue weighted by molar-refractivity contribution is 0.626. The van der Waals surface area contributed by atoms with Gasteiger partial charge in [0, 0.05) is 15.8 Å². The molecule has 19 heavy (non-hydrogen) atoms. The minimum absolute atomic E-state index is 0.175. The molecule has 0 aliphatic heterocycles. The Morgan fingerprint density at radius 3 is 2.32 bits per heavy atom. The number of hydrogen-bond donors (Lipinski definition) is 1. The molecular weight excluding hydrogens is 257 g/mol. The van der Waals surface area contributed by atoms with E-state index in [0.29, 0.717) is 0 Å². The Hall–Kier alpha value is -1.32. The van der Waals surface area contributed by atoms with Crippen LogP contribution in [0.1, 0.15) is 18.1 Å². The first-order valence-corrected chi connectivity index (χ1v) is 7.15. The van der Waals surface area contributed by atoms with E-state index in [2.05, 4.69) is 25.1 Å². The molecule has 0 aliphatic carbocycles. The van der Waals surface area contributed by atoms with Crippen LogP contribution in [0.3, 0.4) is 0 Å². The van der Waals surface area contributed by atoms with Crippen molar-refractivity contribution in [3.05, 3.63) is 59.4 Å². The van der Waals surface area contributed by atoms with Gasteiger partial charge >= 0.3 is 0 Å². The predicted molar refractivity (Wildman–Crippen MR) is 79.1 cm³/mol. The van der Waals surface area contributed by atoms with Crippen molar-refractivity contribution in [3.63, 3.8) is 0 Å². The lowest BCUT2D eigenvalue weighted by Crippen LogP contribution is -2.18. The fourth-order valence-electron chi connectivity index (χ4n) is 1.95. The number of nitrogens with two attached hydrogens (primary N) is 1. The molecule has 0 aromatic heterocycles. The Labute approximate surface area is 118 Å². The van der Waals surface area contributed by atoms with Crippen LogP contribution in [0.4, 0.5) is 4.39 Å². The summed E-state index contributed by atoms with van der Waals surface area (Å²) in [5, 5.41) is 0. The van der Waals surface area contributed by atoms with Crippen molar-refractivity contribution >= 4 is 11.8 Å². The van der Waals surface area contributed by atoms with Gasteiger partial charge in [-0.1, -0.05) is 17.8 Å². The summed E-state index contributed by atoms with van der Waals surface area (Å²) >= 11 is 1.64. The van der Waals surface area contributed by atoms with Crippen LogP contribution >= 0.6 is 11.8 Å². The van der Waals surface area contributed by atoms with Gasteiger partial charge in [-0.25, -0.2) is 4.39 Å². The smallest absolute Gasteiger partial charge is 0.123 e. The van der Waals surface area contributed by atoms with E-state index in [0.717, 1.165) is 16.2 Å². The minimum atomic E-state index is -0.201. The van der Waals surface area contributed by atoms with Crippen molar-refractivity contribution in [3.8, 4) is 0 Å². The zero-order valence-electron chi connectivity index (χ0n) is 11.2. The molecule has 1 unspecified atom stereocenters. The van der Waals surface area contributed by atoms with Gasteiger partial charge in [-0.3, -0.25) is 0 Å². The van der Waals surface area contributed by atoms with Crippen molar-refractivity contribution in [2.45, 2.75) is 36.1 Å². The first-order chi connectivity index (χ1) is 9.04. The first-order valence-electron chi connectivity index (χ1n) is 6.33. The van der Waals surface area contributed by atoms with Crippen LogP contribution in [0.5, 0.6) is 0 Å². The van der Waals surface area contributed by atoms with Crippen LogP contribution in [0.15, 0.2) is 52.3 Å². The van der Waals surface area contributed by atoms with Gasteiger partial charge in [0.05, 0.1) is 0 Å². The number of halogens is 1. The third-order valence-corrected chi connectivity index (χ3v) is 3.90. The number of rotatable bonds is 4. The normalized spacial score (nSPS) is 12.4. The molecule has 1 nitrogen and oxygen atoms in total. The molecule has 0 fully saturated rings. The molecule has 3 heteroatoms. The number of hydrogen-bond acceptors (Lipinski definition) is 2. The summed E-state index contributed by atoms with van der Waals surface area (Å²) in [5.74, 6) is -0.201. The monoisotopic (exact) mass is 275 g/mol. The van der Waals surface area contributed by atoms with Crippen molar-refractivity contribution in [1.82, 2.24) is 0 Å². The van der Waals surface area contributed by atoms with Crippen LogP contribution in [0.25, 0.3) is 0 Å². The van der Waals surface area contributed by atoms with E-state index in [1.54, 1.807) is 23.9 Å². The van der Waals surface area contributed by atoms with E-state index in [1.165, 1.54) is 23.3 Å². The lowest BCUT2D eigenvalue weighted by Gasteiger charge is -2.10. The van der Waals surface area contributed by atoms with Crippen LogP contribution in [0.2, 0.25) is 0 Å². The summed E-state index contributed by atoms with van der Waals surface area (Å²) in [4.78, 5) is 2.21. The second kappa shape index (κ2) is 6.22. The van der Waals surface area contributed by atoms with Gasteiger partial charge in [0.15, 0.2) is 0 Å². The molecule has 0 spiro atoms. The summed E-state index contributed by atoms with van der Waals surface area (Å²) in [5.41, 5.74) is 8.37. The van der Waals surface area contributed by atoms with E-state index < -0.39 is 0 Å². The Balaban J connectivity index is 2.13. The van der Waals surface area contributed by atoms with Crippen molar-refractivity contribution in [1.29, 1.82) is 0 Å². The van der Waals surface area contributed by atoms with Gasteiger partial charge in [-0.2, -0.15) is 0 Å². The first kappa shape index (κ1) is 14.1. The van der Waals surface area contributed by atoms with E-state index in [4.69, 9.17) is 5.73 Å². The van der Waals surface area contributed by atoms with Gasteiger partial charge in [-0.05, 0) is 67.8 Å². The van der Waals surface area contributed by atoms with E-state index in [9.17, 15) is 4.39 Å². The zero-order valence-corrected chi connectivity index (χ0v) is 12.0. The summed E-state index contributed by atoms with van der Waals surface area (Å²) < 4.78 is 12.8. The van der Waals surface area contributed by atoms with Gasteiger partial charge in [-0.15, -0.1) is 0 Å². The zero-order chi connectivity index (χ0) is 13.8. The highest BCUT2D eigenvalue weighted by atomic mass is 32.2. The predicted octanol–water partition coefficient (Wildman–Crippen LogP) is 4.18. The molecule has 1 atom stereocenters. The third kappa shape index (κ3) is 4.08. The van der Waals surface area contributed by atoms with Crippen molar-refractivity contribution in [2.24, 2.45) is 5.73 Å². The quantitative estimate of drug-likeness (QED) is 0.906. The van der Waals surface area contributed by atoms with Gasteiger partial charge < -0.3 is 5.73 Å². The van der Waals surface area contributed by atoms with E-state index in [1.807, 2.05) is 6.92 Å². The van der Waals surface area contributed by atoms with E-state index in [-0.39, 0.29) is 11.9 Å². The summed E-state index contributed by atoms with van der Waals surface area (Å²) in [6.45, 7) is 4.12. The molecule has 2 aromatic rings. The summed E-state index contributed by atoms with van der Waals surface area (Å²) in [7, 11) is 0. The number of aryl methyl sites for hydroxylation is 1. The lowest BCUT2D eigenvalue weighted by atomic mass is 10.0. The molecule has 2 N–H and O–H groups in total. The highest BCUT2D eigenvalue weighted by Gasteiger charge is 2.04. The largest absolute Gasteiger partial charge is 0.328 e. The molecule has 0 amide bonds. The van der Waals surface area contributed by atoms with Gasteiger partial charge in [0.25, 0.3) is 0 Å². The molecular formula is C16H18FNS. The van der Waals surface area contributed by atoms with Crippen molar-refractivity contribution < 1.29 is 4.39 Å². The average Bonchev–Trinajstić information content (AvgIpc) is 2.35. The molecule has 0 bridgehead atoms. The van der Waals surface area contributed by atoms with Crippen molar-refractivity contribution in [2.75, 3.05) is 0 Å². The Bertz CT molecular complexity index is 549. The Morgan fingerprint density at radius 2 is 1.74 bits per heavy atom. The molecule has 0 aliphatic rings. The van der Waals surface area contributed by atoms with E-state index >= 15 is 0 Å². The average molecular weight is 275 g/mol. The number of benzene rings is 2. The maximum atomic E-state index is 12.8. The maximum Gasteiger partial charge on any atom is 0.123 e. The topological polar surface area (TPSA) is 26.0 Å². The highest BCUT2D eigenvalue weighted by molar-refractivity contribution is 7.99. The molecule has 0 saturated carbocycles. The van der Waals surface area contributed by atoms with Crippen LogP contribution < -0.4 is 5.73 Å². The van der Waals surface area contributed by atoms with Crippen LogP contribution in [0, 0.1) is 12.7 Å². The third-order valence-electron chi connectivity index (χ3n) is 2.91. The van der Waals surface area contributed by atoms with Crippen LogP contribution in [-0.4, -0.2) is 6.04 Å². The highest BCUT2D eigenvalue weighted by Crippen LogP contribution is 2.29. The maximum absolute atomic E-state index is 12.8. The van der Waals surface area contributed by atoms with Gasteiger partial charge in [0.2, 0.25) is 0 Å². The molecule has 2 rings (SSSR count). The van der Waals surface area contributed by atoms with Gasteiger partial charge in [0.1, 0.15) is 5.82 Å². The Morgan fingerprint density at radius 1 is 1.11 bits per heavy atom. The standard InChI is InChI=1S/C16H18FNS/c1-11-9-16(6-3-13(11)10-12(2)18)19-15-7-4-14(17)5-8-15/h3-9,12H,10,18H2,1-2H3. The fourth-order valence-corrected chi connectivity index (χ4v) is 2.86. The van der Waals surface area contributed by atoms with Crippen LogP contribution in [-0.2, 0) is 6.42 Å². The Kier molecular flexibility index (Phi) is 4.61. The second-order valence-electron chi connectivity index (χ2n) is 4.83. The second-order valence-corrected chi connectivity index (χ2v) is 5.97. The minimum Gasteiger partial charge on any atom is -0.328 e. The fraction of sp³-hybridized carbons (Fsp3) is 0.250. The molecule has 0 heterocycles. The molecule has 100 valence electrons.